The average Bonchev–Trinajstić information content (AvgIpc) is 3.75. The van der Waals surface area contributed by atoms with Crippen LogP contribution in [0.4, 0.5) is 0 Å². The number of aldehydes is 1. The number of aromatic hydroxyl groups is 1. The molecule has 0 unspecified atom stereocenters. The zero-order valence-electron chi connectivity index (χ0n) is 26.3. The molecule has 46 heavy (non-hydrogen) atoms. The van der Waals surface area contributed by atoms with Crippen LogP contribution in [0.5, 0.6) is 5.75 Å². The number of benzene rings is 3. The summed E-state index contributed by atoms with van der Waals surface area (Å²) >= 11 is 0. The highest BCUT2D eigenvalue weighted by atomic mass is 16.8. The van der Waals surface area contributed by atoms with Crippen molar-refractivity contribution in [1.82, 2.24) is 4.98 Å². The van der Waals surface area contributed by atoms with E-state index in [-0.39, 0.29) is 17.9 Å². The van der Waals surface area contributed by atoms with Gasteiger partial charge in [-0.05, 0) is 81.6 Å². The number of phenolic OH excluding ortho intramolecular Hbond substituents is 1. The Morgan fingerprint density at radius 2 is 1.59 bits per heavy atom. The van der Waals surface area contributed by atoms with Crippen LogP contribution in [0.2, 0.25) is 0 Å². The van der Waals surface area contributed by atoms with E-state index in [2.05, 4.69) is 4.98 Å². The van der Waals surface area contributed by atoms with Gasteiger partial charge in [-0.15, -0.1) is 0 Å². The van der Waals surface area contributed by atoms with E-state index in [1.807, 2.05) is 45.0 Å². The summed E-state index contributed by atoms with van der Waals surface area (Å²) in [5, 5.41) is 11.0. The number of hydrogen-bond acceptors (Lipinski definition) is 9. The first-order valence-corrected chi connectivity index (χ1v) is 15.4. The lowest BCUT2D eigenvalue weighted by atomic mass is 9.72. The molecule has 6 atom stereocenters. The molecule has 3 aliphatic rings. The molecule has 10 nitrogen and oxygen atoms in total. The van der Waals surface area contributed by atoms with Gasteiger partial charge in [-0.3, -0.25) is 0 Å². The number of hydrogen-bond donors (Lipinski definition) is 2. The Morgan fingerprint density at radius 1 is 0.913 bits per heavy atom. The minimum atomic E-state index is -1.26. The van der Waals surface area contributed by atoms with Crippen molar-refractivity contribution in [2.24, 2.45) is 0 Å². The highest BCUT2D eigenvalue weighted by molar-refractivity contribution is 5.92. The number of aromatic nitrogens is 1. The molecule has 0 bridgehead atoms. The summed E-state index contributed by atoms with van der Waals surface area (Å²) in [7, 11) is 0. The number of aryl methyl sites for hydroxylation is 1. The van der Waals surface area contributed by atoms with Crippen LogP contribution in [0.3, 0.4) is 0 Å². The molecular formula is C36H37NO9. The summed E-state index contributed by atoms with van der Waals surface area (Å²) in [6, 6.07) is 21.2. The molecule has 0 aliphatic carbocycles. The van der Waals surface area contributed by atoms with Crippen molar-refractivity contribution in [2.75, 3.05) is 6.61 Å². The molecule has 1 aromatic heterocycles. The van der Waals surface area contributed by atoms with Crippen molar-refractivity contribution < 1.29 is 43.1 Å². The smallest absolute Gasteiger partial charge is 0.338 e. The lowest BCUT2D eigenvalue weighted by Crippen LogP contribution is -2.45. The number of esters is 1. The second kappa shape index (κ2) is 11.0. The third-order valence-electron chi connectivity index (χ3n) is 9.10. The number of rotatable bonds is 7. The number of aromatic amines is 1. The van der Waals surface area contributed by atoms with Crippen LogP contribution in [0, 0.1) is 6.92 Å². The molecule has 7 rings (SSSR count). The number of H-pyrrole nitrogens is 1. The van der Waals surface area contributed by atoms with Gasteiger partial charge in [0.25, 0.3) is 0 Å². The van der Waals surface area contributed by atoms with Gasteiger partial charge in [0.15, 0.2) is 30.1 Å². The fraction of sp³-hybridized carbons (Fsp3) is 0.389. The molecule has 240 valence electrons. The first-order valence-electron chi connectivity index (χ1n) is 15.4. The summed E-state index contributed by atoms with van der Waals surface area (Å²) in [6.07, 6.45) is -2.47. The Hall–Kier alpha value is -4.06. The van der Waals surface area contributed by atoms with Crippen LogP contribution in [0.15, 0.2) is 72.8 Å². The van der Waals surface area contributed by atoms with E-state index in [4.69, 9.17) is 28.4 Å². The number of carbonyl (C=O) groups is 2. The molecule has 2 N–H and O–H groups in total. The molecule has 10 heteroatoms. The third kappa shape index (κ3) is 5.10. The monoisotopic (exact) mass is 627 g/mol. The van der Waals surface area contributed by atoms with E-state index in [0.717, 1.165) is 22.8 Å². The van der Waals surface area contributed by atoms with Crippen LogP contribution >= 0.6 is 0 Å². The van der Waals surface area contributed by atoms with Crippen LogP contribution in [0.1, 0.15) is 60.4 Å². The van der Waals surface area contributed by atoms with Gasteiger partial charge in [-0.1, -0.05) is 42.5 Å². The summed E-state index contributed by atoms with van der Waals surface area (Å²) < 4.78 is 36.1. The second-order valence-electron chi connectivity index (χ2n) is 13.0. The lowest BCUT2D eigenvalue weighted by Gasteiger charge is -2.30. The van der Waals surface area contributed by atoms with Crippen LogP contribution < -0.4 is 0 Å². The predicted octanol–water partition coefficient (Wildman–Crippen LogP) is 5.27. The summed E-state index contributed by atoms with van der Waals surface area (Å²) in [6.45, 7) is 9.43. The number of nitrogens with one attached hydrogen (secondary N) is 1. The van der Waals surface area contributed by atoms with Crippen molar-refractivity contribution in [2.45, 2.75) is 82.3 Å². The molecule has 0 amide bonds. The van der Waals surface area contributed by atoms with Crippen LogP contribution in [-0.2, 0) is 38.6 Å². The van der Waals surface area contributed by atoms with E-state index in [1.165, 1.54) is 0 Å². The molecule has 4 aromatic rings. The van der Waals surface area contributed by atoms with Crippen LogP contribution in [0.25, 0.3) is 10.9 Å². The molecule has 0 radical (unpaired) electrons. The molecule has 3 fully saturated rings. The highest BCUT2D eigenvalue weighted by Crippen LogP contribution is 2.43. The zero-order chi connectivity index (χ0) is 32.4. The van der Waals surface area contributed by atoms with E-state index < -0.39 is 53.7 Å². The Kier molecular flexibility index (Phi) is 7.34. The summed E-state index contributed by atoms with van der Waals surface area (Å²) in [5.41, 5.74) is 2.83. The normalized spacial score (nSPS) is 27.7. The summed E-state index contributed by atoms with van der Waals surface area (Å²) in [4.78, 5) is 30.5. The minimum absolute atomic E-state index is 0.0876. The first-order chi connectivity index (χ1) is 21.9. The quantitative estimate of drug-likeness (QED) is 0.208. The van der Waals surface area contributed by atoms with Crippen molar-refractivity contribution >= 4 is 23.2 Å². The summed E-state index contributed by atoms with van der Waals surface area (Å²) in [5.74, 6) is -2.21. The highest BCUT2D eigenvalue weighted by Gasteiger charge is 2.60. The molecule has 0 saturated carbocycles. The fourth-order valence-corrected chi connectivity index (χ4v) is 6.93. The largest absolute Gasteiger partial charge is 0.508 e. The fourth-order valence-electron chi connectivity index (χ4n) is 6.93. The van der Waals surface area contributed by atoms with Crippen LogP contribution in [-0.4, -0.2) is 71.2 Å². The average molecular weight is 628 g/mol. The number of para-hydroxylation sites is 1. The third-order valence-corrected chi connectivity index (χ3v) is 9.10. The van der Waals surface area contributed by atoms with E-state index in [1.54, 1.807) is 62.4 Å². The standard InChI is InChI=1S/C36H37NO9/c1-20-25-8-6-7-9-26(25)37-31(20)36(19-38,23-14-16-24(39)17-15-23)22-12-10-21(11-13-22)32(40)42-29-28(27-18-41-34(2,3)44-27)43-33-30(29)45-35(4,5)46-33/h6-17,19,27-30,33,37,39H,18H2,1-5H3/t27-,28-,29+,30-,33-,36-/m1/s1. The van der Waals surface area contributed by atoms with Gasteiger partial charge in [0.2, 0.25) is 0 Å². The van der Waals surface area contributed by atoms with Gasteiger partial charge < -0.3 is 43.3 Å². The Bertz CT molecular complexity index is 1780. The second-order valence-corrected chi connectivity index (χ2v) is 13.0. The molecule has 4 heterocycles. The van der Waals surface area contributed by atoms with E-state index in [0.29, 0.717) is 16.8 Å². The van der Waals surface area contributed by atoms with Crippen molar-refractivity contribution in [1.29, 1.82) is 0 Å². The van der Waals surface area contributed by atoms with Gasteiger partial charge in [0.1, 0.15) is 29.7 Å². The Morgan fingerprint density at radius 3 is 2.22 bits per heavy atom. The van der Waals surface area contributed by atoms with Crippen molar-refractivity contribution in [3.05, 3.63) is 101 Å². The molecule has 3 saturated heterocycles. The Balaban J connectivity index is 1.22. The molecule has 0 spiro atoms. The lowest BCUT2D eigenvalue weighted by molar-refractivity contribution is -0.232. The zero-order valence-corrected chi connectivity index (χ0v) is 26.3. The van der Waals surface area contributed by atoms with Gasteiger partial charge in [0, 0.05) is 16.6 Å². The van der Waals surface area contributed by atoms with Gasteiger partial charge in [-0.25, -0.2) is 4.79 Å². The maximum absolute atomic E-state index is 13.7. The maximum atomic E-state index is 13.7. The van der Waals surface area contributed by atoms with Crippen molar-refractivity contribution in [3.8, 4) is 5.75 Å². The maximum Gasteiger partial charge on any atom is 0.338 e. The van der Waals surface area contributed by atoms with Gasteiger partial charge in [0.05, 0.1) is 12.2 Å². The minimum Gasteiger partial charge on any atom is -0.508 e. The van der Waals surface area contributed by atoms with E-state index >= 15 is 0 Å². The predicted molar refractivity (Wildman–Crippen MR) is 166 cm³/mol. The molecule has 3 aliphatic heterocycles. The number of carbonyl (C=O) groups excluding carboxylic acids is 2. The molecule has 3 aromatic carbocycles. The number of phenols is 1. The Labute approximate surface area is 266 Å². The van der Waals surface area contributed by atoms with Gasteiger partial charge >= 0.3 is 5.97 Å². The number of ether oxygens (including phenoxy) is 6. The van der Waals surface area contributed by atoms with Gasteiger partial charge in [-0.2, -0.15) is 0 Å². The number of fused-ring (bicyclic) bond motifs is 2. The van der Waals surface area contributed by atoms with Crippen molar-refractivity contribution in [3.63, 3.8) is 0 Å². The SMILES string of the molecule is Cc1c([C@@](C=O)(c2ccc(O)cc2)c2ccc(C(=O)O[C@@H]3[C@H]4OC(C)(C)O[C@H]4O[C@@H]3[C@H]3COC(C)(C)O3)cc2)[nH]c2ccccc12. The molecular weight excluding hydrogens is 590 g/mol. The first kappa shape index (κ1) is 30.6. The van der Waals surface area contributed by atoms with E-state index in [9.17, 15) is 14.7 Å². The topological polar surface area (TPSA) is 126 Å².